The van der Waals surface area contributed by atoms with Gasteiger partial charge in [0.15, 0.2) is 5.96 Å². The van der Waals surface area contributed by atoms with Gasteiger partial charge in [-0.2, -0.15) is 0 Å². The summed E-state index contributed by atoms with van der Waals surface area (Å²) in [5.74, 6) is 0.484. The molecule has 0 aliphatic carbocycles. The number of sulfonamides is 1. The summed E-state index contributed by atoms with van der Waals surface area (Å²) in [5.41, 5.74) is 0. The maximum absolute atomic E-state index is 10.9. The van der Waals surface area contributed by atoms with E-state index in [1.807, 2.05) is 25.1 Å². The van der Waals surface area contributed by atoms with E-state index in [2.05, 4.69) is 34.7 Å². The van der Waals surface area contributed by atoms with Crippen molar-refractivity contribution in [1.82, 2.24) is 10.6 Å². The van der Waals surface area contributed by atoms with Gasteiger partial charge in [0.05, 0.1) is 12.3 Å². The number of aliphatic imine (C=N–C) groups is 1. The molecule has 22 heavy (non-hydrogen) atoms. The van der Waals surface area contributed by atoms with E-state index in [1.165, 1.54) is 4.90 Å². The first-order valence-electron chi connectivity index (χ1n) is 7.15. The third-order valence-corrected chi connectivity index (χ3v) is 4.48. The number of hydrogen-bond acceptors (Lipinski definition) is 4. The molecule has 1 aromatic carbocycles. The van der Waals surface area contributed by atoms with Crippen LogP contribution in [0.25, 0.3) is 0 Å². The number of nitrogens with one attached hydrogen (secondary N) is 2. The molecule has 0 aromatic heterocycles. The lowest BCUT2D eigenvalue weighted by atomic mass is 10.4. The second kappa shape index (κ2) is 9.70. The molecule has 124 valence electrons. The molecule has 0 saturated heterocycles. The van der Waals surface area contributed by atoms with Gasteiger partial charge in [0, 0.05) is 23.2 Å². The number of nitrogens with two attached hydrogens (primary N) is 1. The molecule has 0 bridgehead atoms. The minimum absolute atomic E-state index is 0.119. The molecule has 0 spiro atoms. The van der Waals surface area contributed by atoms with Gasteiger partial charge in [0.2, 0.25) is 10.0 Å². The van der Waals surface area contributed by atoms with Gasteiger partial charge in [-0.3, -0.25) is 4.99 Å². The van der Waals surface area contributed by atoms with E-state index in [0.29, 0.717) is 24.3 Å². The highest BCUT2D eigenvalue weighted by atomic mass is 32.2. The molecular formula is C14H24N4O2S2. The van der Waals surface area contributed by atoms with Gasteiger partial charge in [-0.05, 0) is 19.1 Å². The summed E-state index contributed by atoms with van der Waals surface area (Å²) < 4.78 is 21.8. The summed E-state index contributed by atoms with van der Waals surface area (Å²) in [6.07, 6.45) is 0. The Labute approximate surface area is 137 Å². The molecule has 1 atom stereocenters. The highest BCUT2D eigenvalue weighted by Gasteiger charge is 2.06. The van der Waals surface area contributed by atoms with Gasteiger partial charge in [0.25, 0.3) is 0 Å². The van der Waals surface area contributed by atoms with Crippen LogP contribution in [0.4, 0.5) is 0 Å². The maximum atomic E-state index is 10.9. The van der Waals surface area contributed by atoms with Crippen molar-refractivity contribution in [3.05, 3.63) is 30.3 Å². The molecule has 6 nitrogen and oxygen atoms in total. The maximum Gasteiger partial charge on any atom is 0.210 e. The zero-order chi connectivity index (χ0) is 16.4. The molecule has 0 fully saturated rings. The van der Waals surface area contributed by atoms with Gasteiger partial charge in [0.1, 0.15) is 0 Å². The molecule has 1 aromatic rings. The van der Waals surface area contributed by atoms with E-state index in [9.17, 15) is 8.42 Å². The standard InChI is InChI=1S/C14H24N4O2S2/c1-3-16-14(17-9-10-22(15,19)20)18-11-12(2)21-13-7-5-4-6-8-13/h4-8,12H,3,9-11H2,1-2H3,(H2,15,19,20)(H2,16,17,18). The van der Waals surface area contributed by atoms with Crippen LogP contribution in [-0.2, 0) is 10.0 Å². The average molecular weight is 345 g/mol. The largest absolute Gasteiger partial charge is 0.357 e. The second-order valence-corrected chi connectivity index (χ2v) is 8.00. The summed E-state index contributed by atoms with van der Waals surface area (Å²) in [6, 6.07) is 10.2. The van der Waals surface area contributed by atoms with E-state index < -0.39 is 10.0 Å². The van der Waals surface area contributed by atoms with Crippen molar-refractivity contribution in [2.45, 2.75) is 24.0 Å². The number of nitrogens with zero attached hydrogens (tertiary/aromatic N) is 1. The third kappa shape index (κ3) is 8.91. The summed E-state index contributed by atoms with van der Waals surface area (Å²) in [5, 5.41) is 11.3. The first-order chi connectivity index (χ1) is 10.4. The fourth-order valence-corrected chi connectivity index (χ4v) is 2.96. The number of benzene rings is 1. The number of hydrogen-bond donors (Lipinski definition) is 3. The van der Waals surface area contributed by atoms with Crippen LogP contribution in [0.15, 0.2) is 40.2 Å². The average Bonchev–Trinajstić information content (AvgIpc) is 2.44. The lowest BCUT2D eigenvalue weighted by Gasteiger charge is -2.13. The van der Waals surface area contributed by atoms with Crippen molar-refractivity contribution >= 4 is 27.7 Å². The predicted octanol–water partition coefficient (Wildman–Crippen LogP) is 1.01. The quantitative estimate of drug-likeness (QED) is 0.371. The van der Waals surface area contributed by atoms with E-state index in [1.54, 1.807) is 11.8 Å². The minimum atomic E-state index is -3.46. The topological polar surface area (TPSA) is 96.6 Å². The normalized spacial score (nSPS) is 13.7. The molecular weight excluding hydrogens is 320 g/mol. The van der Waals surface area contributed by atoms with Crippen molar-refractivity contribution in [2.24, 2.45) is 10.1 Å². The van der Waals surface area contributed by atoms with Gasteiger partial charge in [-0.25, -0.2) is 13.6 Å². The van der Waals surface area contributed by atoms with Crippen LogP contribution in [-0.4, -0.2) is 45.0 Å². The highest BCUT2D eigenvalue weighted by Crippen LogP contribution is 2.22. The van der Waals surface area contributed by atoms with Crippen LogP contribution in [0, 0.1) is 0 Å². The van der Waals surface area contributed by atoms with Crippen LogP contribution in [0.2, 0.25) is 0 Å². The monoisotopic (exact) mass is 344 g/mol. The number of thioether (sulfide) groups is 1. The van der Waals surface area contributed by atoms with Crippen molar-refractivity contribution in [3.8, 4) is 0 Å². The van der Waals surface area contributed by atoms with Crippen LogP contribution >= 0.6 is 11.8 Å². The zero-order valence-corrected chi connectivity index (χ0v) is 14.6. The van der Waals surface area contributed by atoms with Crippen LogP contribution < -0.4 is 15.8 Å². The fraction of sp³-hybridized carbons (Fsp3) is 0.500. The Morgan fingerprint density at radius 1 is 1.32 bits per heavy atom. The van der Waals surface area contributed by atoms with Gasteiger partial charge in [-0.1, -0.05) is 25.1 Å². The molecule has 4 N–H and O–H groups in total. The third-order valence-electron chi connectivity index (χ3n) is 2.61. The minimum Gasteiger partial charge on any atom is -0.357 e. The molecule has 0 radical (unpaired) electrons. The van der Waals surface area contributed by atoms with E-state index in [4.69, 9.17) is 5.14 Å². The van der Waals surface area contributed by atoms with E-state index in [-0.39, 0.29) is 12.3 Å². The second-order valence-electron chi connectivity index (χ2n) is 4.75. The van der Waals surface area contributed by atoms with E-state index >= 15 is 0 Å². The lowest BCUT2D eigenvalue weighted by Crippen LogP contribution is -2.40. The molecule has 0 aliphatic rings. The Hall–Kier alpha value is -1.25. The van der Waals surface area contributed by atoms with Crippen LogP contribution in [0.1, 0.15) is 13.8 Å². The molecule has 1 rings (SSSR count). The van der Waals surface area contributed by atoms with Crippen LogP contribution in [0.3, 0.4) is 0 Å². The highest BCUT2D eigenvalue weighted by molar-refractivity contribution is 8.00. The predicted molar refractivity (Wildman–Crippen MR) is 93.7 cm³/mol. The first-order valence-corrected chi connectivity index (χ1v) is 9.74. The Balaban J connectivity index is 2.46. The number of rotatable bonds is 8. The lowest BCUT2D eigenvalue weighted by molar-refractivity contribution is 0.596. The van der Waals surface area contributed by atoms with Crippen LogP contribution in [0.5, 0.6) is 0 Å². The first kappa shape index (κ1) is 18.8. The smallest absolute Gasteiger partial charge is 0.210 e. The Kier molecular flexibility index (Phi) is 8.29. The number of guanidine groups is 1. The Morgan fingerprint density at radius 2 is 2.00 bits per heavy atom. The molecule has 0 aliphatic heterocycles. The van der Waals surface area contributed by atoms with Crippen molar-refractivity contribution < 1.29 is 8.42 Å². The van der Waals surface area contributed by atoms with E-state index in [0.717, 1.165) is 0 Å². The van der Waals surface area contributed by atoms with Gasteiger partial charge >= 0.3 is 0 Å². The number of primary sulfonamides is 1. The van der Waals surface area contributed by atoms with Gasteiger partial charge < -0.3 is 10.6 Å². The molecule has 0 heterocycles. The summed E-state index contributed by atoms with van der Waals surface area (Å²) in [4.78, 5) is 5.67. The summed E-state index contributed by atoms with van der Waals surface area (Å²) in [7, 11) is -3.46. The fourth-order valence-electron chi connectivity index (χ4n) is 1.64. The zero-order valence-electron chi connectivity index (χ0n) is 13.0. The summed E-state index contributed by atoms with van der Waals surface area (Å²) >= 11 is 1.75. The molecule has 0 amide bonds. The Bertz CT molecular complexity index is 561. The van der Waals surface area contributed by atoms with Crippen molar-refractivity contribution in [2.75, 3.05) is 25.4 Å². The Morgan fingerprint density at radius 3 is 2.59 bits per heavy atom. The van der Waals surface area contributed by atoms with Crippen molar-refractivity contribution in [3.63, 3.8) is 0 Å². The van der Waals surface area contributed by atoms with Crippen molar-refractivity contribution in [1.29, 1.82) is 0 Å². The molecule has 0 saturated carbocycles. The summed E-state index contributed by atoms with van der Waals surface area (Å²) in [6.45, 7) is 5.64. The SMILES string of the molecule is CCNC(=NCC(C)Sc1ccccc1)NCCS(N)(=O)=O. The van der Waals surface area contributed by atoms with Gasteiger partial charge in [-0.15, -0.1) is 11.8 Å². The molecule has 1 unspecified atom stereocenters. The molecule has 8 heteroatoms.